The average molecular weight is 231 g/mol. The highest BCUT2D eigenvalue weighted by Gasteiger charge is 2.02. The molecule has 2 N–H and O–H groups in total. The normalized spacial score (nSPS) is 11.8. The maximum Gasteiger partial charge on any atom is 0.191 e. The van der Waals surface area contributed by atoms with Gasteiger partial charge in [0.15, 0.2) is 10.3 Å². The van der Waals surface area contributed by atoms with Crippen molar-refractivity contribution in [3.8, 4) is 0 Å². The van der Waals surface area contributed by atoms with Crippen molar-refractivity contribution in [2.75, 3.05) is 20.4 Å². The van der Waals surface area contributed by atoms with Crippen molar-refractivity contribution in [2.45, 2.75) is 10.9 Å². The highest BCUT2D eigenvalue weighted by molar-refractivity contribution is 8.00. The number of aromatic nitrogens is 2. The predicted octanol–water partition coefficient (Wildman–Crippen LogP) is 0.636. The Kier molecular flexibility index (Phi) is 4.15. The lowest BCUT2D eigenvalue weighted by Crippen LogP contribution is -2.30. The van der Waals surface area contributed by atoms with Gasteiger partial charge in [0, 0.05) is 14.1 Å². The van der Waals surface area contributed by atoms with E-state index < -0.39 is 0 Å². The summed E-state index contributed by atoms with van der Waals surface area (Å²) in [4.78, 5) is 5.92. The van der Waals surface area contributed by atoms with Crippen LogP contribution in [0.4, 0.5) is 0 Å². The maximum atomic E-state index is 5.63. The Morgan fingerprint density at radius 3 is 2.79 bits per heavy atom. The number of hydrogen-bond acceptors (Lipinski definition) is 5. The smallest absolute Gasteiger partial charge is 0.191 e. The van der Waals surface area contributed by atoms with Crippen LogP contribution in [-0.4, -0.2) is 41.4 Å². The monoisotopic (exact) mass is 231 g/mol. The fraction of sp³-hybridized carbons (Fsp3) is 0.571. The Bertz CT molecular complexity index is 320. The molecule has 78 valence electrons. The molecule has 0 aromatic carbocycles. The molecule has 0 saturated heterocycles. The van der Waals surface area contributed by atoms with E-state index in [1.54, 1.807) is 28.0 Å². The zero-order valence-corrected chi connectivity index (χ0v) is 10.0. The Balaban J connectivity index is 2.57. The lowest BCUT2D eigenvalue weighted by Gasteiger charge is -2.09. The Morgan fingerprint density at radius 1 is 1.57 bits per heavy atom. The fourth-order valence-corrected chi connectivity index (χ4v) is 1.91. The molecule has 0 aliphatic carbocycles. The van der Waals surface area contributed by atoms with Crippen molar-refractivity contribution in [3.63, 3.8) is 0 Å². The van der Waals surface area contributed by atoms with Crippen LogP contribution in [0.2, 0.25) is 0 Å². The molecule has 1 heterocycles. The van der Waals surface area contributed by atoms with Crippen LogP contribution in [0.25, 0.3) is 0 Å². The molecule has 0 spiro atoms. The molecule has 0 atom stereocenters. The first-order valence-corrected chi connectivity index (χ1v) is 6.01. The molecule has 0 saturated carbocycles. The topological polar surface area (TPSA) is 67.4 Å². The van der Waals surface area contributed by atoms with Gasteiger partial charge in [-0.25, -0.2) is 4.99 Å². The minimum Gasteiger partial charge on any atom is -0.370 e. The number of nitrogens with zero attached hydrogens (tertiary/aromatic N) is 4. The number of rotatable bonds is 3. The highest BCUT2D eigenvalue weighted by atomic mass is 32.2. The van der Waals surface area contributed by atoms with Gasteiger partial charge in [-0.3, -0.25) is 0 Å². The number of guanidine groups is 1. The molecular formula is C7H13N5S2. The molecule has 5 nitrogen and oxygen atoms in total. The maximum absolute atomic E-state index is 5.63. The van der Waals surface area contributed by atoms with Crippen molar-refractivity contribution in [1.82, 2.24) is 15.1 Å². The van der Waals surface area contributed by atoms with E-state index in [1.165, 1.54) is 0 Å². The first-order valence-electron chi connectivity index (χ1n) is 3.97. The van der Waals surface area contributed by atoms with Crippen molar-refractivity contribution in [1.29, 1.82) is 0 Å². The Labute approximate surface area is 91.4 Å². The van der Waals surface area contributed by atoms with Crippen LogP contribution < -0.4 is 5.73 Å². The number of hydrogen-bond donors (Lipinski definition) is 1. The van der Waals surface area contributed by atoms with Crippen LogP contribution in [0.15, 0.2) is 9.33 Å². The van der Waals surface area contributed by atoms with Crippen LogP contribution in [-0.2, 0) is 6.54 Å². The standard InChI is InChI=1S/C7H13N5S2/c1-12(2)6(8)9-4-5-10-11-7(13-3)14-5/h4H2,1-3H3,(H2,8,9). The number of thioether (sulfide) groups is 1. The minimum absolute atomic E-state index is 0.502. The lowest BCUT2D eigenvalue weighted by atomic mass is 10.7. The second-order valence-electron chi connectivity index (χ2n) is 2.73. The molecule has 0 aliphatic rings. The molecule has 0 bridgehead atoms. The summed E-state index contributed by atoms with van der Waals surface area (Å²) < 4.78 is 0.957. The van der Waals surface area contributed by atoms with Crippen molar-refractivity contribution in [3.05, 3.63) is 5.01 Å². The second-order valence-corrected chi connectivity index (χ2v) is 4.85. The van der Waals surface area contributed by atoms with Crippen LogP contribution in [0.5, 0.6) is 0 Å². The van der Waals surface area contributed by atoms with Gasteiger partial charge in [-0.1, -0.05) is 23.1 Å². The van der Waals surface area contributed by atoms with Crippen LogP contribution in [0.3, 0.4) is 0 Å². The summed E-state index contributed by atoms with van der Waals surface area (Å²) in [6, 6.07) is 0. The molecule has 0 aliphatic heterocycles. The fourth-order valence-electron chi connectivity index (χ4n) is 0.675. The van der Waals surface area contributed by atoms with E-state index in [0.717, 1.165) is 9.35 Å². The van der Waals surface area contributed by atoms with Gasteiger partial charge in [-0.2, -0.15) is 0 Å². The summed E-state index contributed by atoms with van der Waals surface area (Å²) >= 11 is 3.13. The van der Waals surface area contributed by atoms with Gasteiger partial charge in [-0.05, 0) is 6.26 Å². The van der Waals surface area contributed by atoms with E-state index in [-0.39, 0.29) is 0 Å². The summed E-state index contributed by atoms with van der Waals surface area (Å²) in [6.45, 7) is 0.502. The first kappa shape index (κ1) is 11.3. The summed E-state index contributed by atoms with van der Waals surface area (Å²) in [7, 11) is 3.71. The molecule has 7 heteroatoms. The third-order valence-corrected chi connectivity index (χ3v) is 3.34. The predicted molar refractivity (Wildman–Crippen MR) is 60.7 cm³/mol. The van der Waals surface area contributed by atoms with Gasteiger partial charge >= 0.3 is 0 Å². The minimum atomic E-state index is 0.502. The van der Waals surface area contributed by atoms with Gasteiger partial charge in [0.05, 0.1) is 6.54 Å². The first-order chi connectivity index (χ1) is 6.63. The number of nitrogens with two attached hydrogens (primary N) is 1. The second kappa shape index (κ2) is 5.16. The molecule has 0 amide bonds. The quantitative estimate of drug-likeness (QED) is 0.469. The highest BCUT2D eigenvalue weighted by Crippen LogP contribution is 2.19. The van der Waals surface area contributed by atoms with E-state index in [2.05, 4.69) is 15.2 Å². The SMILES string of the molecule is CSc1nnc(CN=C(N)N(C)C)s1. The van der Waals surface area contributed by atoms with Gasteiger partial charge in [0.2, 0.25) is 0 Å². The average Bonchev–Trinajstić information content (AvgIpc) is 2.61. The van der Waals surface area contributed by atoms with Crippen LogP contribution >= 0.6 is 23.1 Å². The third kappa shape index (κ3) is 3.15. The van der Waals surface area contributed by atoms with E-state index in [9.17, 15) is 0 Å². The van der Waals surface area contributed by atoms with E-state index >= 15 is 0 Å². The Morgan fingerprint density at radius 2 is 2.29 bits per heavy atom. The van der Waals surface area contributed by atoms with Gasteiger partial charge in [0.1, 0.15) is 5.01 Å². The molecular weight excluding hydrogens is 218 g/mol. The molecule has 1 aromatic heterocycles. The summed E-state index contributed by atoms with van der Waals surface area (Å²) in [5.74, 6) is 0.505. The molecule has 0 fully saturated rings. The summed E-state index contributed by atoms with van der Waals surface area (Å²) in [5.41, 5.74) is 5.63. The third-order valence-electron chi connectivity index (χ3n) is 1.46. The van der Waals surface area contributed by atoms with Crippen molar-refractivity contribution >= 4 is 29.1 Å². The molecule has 0 unspecified atom stereocenters. The van der Waals surface area contributed by atoms with Gasteiger partial charge in [-0.15, -0.1) is 10.2 Å². The number of aliphatic imine (C=N–C) groups is 1. The van der Waals surface area contributed by atoms with E-state index in [0.29, 0.717) is 12.5 Å². The van der Waals surface area contributed by atoms with E-state index in [4.69, 9.17) is 5.73 Å². The van der Waals surface area contributed by atoms with Crippen LogP contribution in [0, 0.1) is 0 Å². The largest absolute Gasteiger partial charge is 0.370 e. The van der Waals surface area contributed by atoms with Gasteiger partial charge in [0.25, 0.3) is 0 Å². The molecule has 0 radical (unpaired) electrons. The zero-order valence-electron chi connectivity index (χ0n) is 8.39. The van der Waals surface area contributed by atoms with Gasteiger partial charge < -0.3 is 10.6 Å². The molecule has 1 rings (SSSR count). The van der Waals surface area contributed by atoms with Crippen LogP contribution in [0.1, 0.15) is 5.01 Å². The summed E-state index contributed by atoms with van der Waals surface area (Å²) in [5, 5.41) is 8.84. The zero-order chi connectivity index (χ0) is 10.6. The van der Waals surface area contributed by atoms with E-state index in [1.807, 2.05) is 20.4 Å². The molecule has 1 aromatic rings. The van der Waals surface area contributed by atoms with Crippen molar-refractivity contribution in [2.24, 2.45) is 10.7 Å². The lowest BCUT2D eigenvalue weighted by molar-refractivity contribution is 0.609. The van der Waals surface area contributed by atoms with Crippen molar-refractivity contribution < 1.29 is 0 Å². The Hall–Kier alpha value is -0.820. The molecule has 14 heavy (non-hydrogen) atoms. The summed E-state index contributed by atoms with van der Waals surface area (Å²) in [6.07, 6.45) is 1.97.